The van der Waals surface area contributed by atoms with Crippen molar-refractivity contribution in [2.45, 2.75) is 31.1 Å². The van der Waals surface area contributed by atoms with Crippen LogP contribution in [0.1, 0.15) is 31.2 Å². The molecule has 0 amide bonds. The van der Waals surface area contributed by atoms with Crippen LogP contribution in [-0.4, -0.2) is 5.78 Å². The first-order valence-electron chi connectivity index (χ1n) is 5.46. The van der Waals surface area contributed by atoms with E-state index in [9.17, 15) is 10.1 Å². The summed E-state index contributed by atoms with van der Waals surface area (Å²) >= 11 is 11.8. The number of nitriles is 1. The van der Waals surface area contributed by atoms with Crippen LogP contribution in [0.3, 0.4) is 0 Å². The minimum Gasteiger partial charge on any atom is -0.300 e. The fourth-order valence-electron chi connectivity index (χ4n) is 2.21. The maximum atomic E-state index is 11.3. The smallest absolute Gasteiger partial charge is 0.133 e. The van der Waals surface area contributed by atoms with E-state index in [1.165, 1.54) is 0 Å². The second kappa shape index (κ2) is 4.68. The average molecular weight is 268 g/mol. The quantitative estimate of drug-likeness (QED) is 0.775. The zero-order chi connectivity index (χ0) is 12.5. The van der Waals surface area contributed by atoms with E-state index in [0.717, 1.165) is 5.56 Å². The van der Waals surface area contributed by atoms with Crippen molar-refractivity contribution >= 4 is 29.0 Å². The van der Waals surface area contributed by atoms with Crippen LogP contribution in [0.4, 0.5) is 0 Å². The van der Waals surface area contributed by atoms with Crippen LogP contribution in [-0.2, 0) is 10.2 Å². The summed E-state index contributed by atoms with van der Waals surface area (Å²) in [4.78, 5) is 11.3. The molecule has 0 N–H and O–H groups in total. The summed E-state index contributed by atoms with van der Waals surface area (Å²) in [5.74, 6) is 0.232. The number of carbonyl (C=O) groups excluding carboxylic acids is 1. The maximum Gasteiger partial charge on any atom is 0.133 e. The summed E-state index contributed by atoms with van der Waals surface area (Å²) in [5.41, 5.74) is 0.282. The van der Waals surface area contributed by atoms with Gasteiger partial charge in [0.25, 0.3) is 0 Å². The van der Waals surface area contributed by atoms with Gasteiger partial charge in [-0.2, -0.15) is 5.26 Å². The molecular formula is C13H11Cl2NO. The zero-order valence-corrected chi connectivity index (χ0v) is 10.7. The van der Waals surface area contributed by atoms with Crippen molar-refractivity contribution in [2.24, 2.45) is 0 Å². The van der Waals surface area contributed by atoms with Gasteiger partial charge in [-0.05, 0) is 30.5 Å². The highest BCUT2D eigenvalue weighted by Crippen LogP contribution is 2.39. The lowest BCUT2D eigenvalue weighted by molar-refractivity contribution is -0.120. The summed E-state index contributed by atoms with van der Waals surface area (Å²) in [6, 6.07) is 7.62. The Bertz CT molecular complexity index is 495. The van der Waals surface area contributed by atoms with Gasteiger partial charge in [0.2, 0.25) is 0 Å². The Labute approximate surface area is 110 Å². The molecular weight excluding hydrogens is 257 g/mol. The molecule has 1 saturated carbocycles. The topological polar surface area (TPSA) is 40.9 Å². The molecule has 1 aliphatic carbocycles. The molecule has 0 aromatic heterocycles. The van der Waals surface area contributed by atoms with E-state index in [1.54, 1.807) is 12.1 Å². The molecule has 17 heavy (non-hydrogen) atoms. The highest BCUT2D eigenvalue weighted by Gasteiger charge is 2.36. The number of hydrogen-bond acceptors (Lipinski definition) is 2. The number of nitrogens with zero attached hydrogens (tertiary/aromatic N) is 1. The Hall–Kier alpha value is -1.04. The monoisotopic (exact) mass is 267 g/mol. The van der Waals surface area contributed by atoms with Gasteiger partial charge in [0.05, 0.1) is 21.5 Å². The van der Waals surface area contributed by atoms with E-state index in [-0.39, 0.29) is 5.78 Å². The lowest BCUT2D eigenvalue weighted by Crippen LogP contribution is -2.30. The third kappa shape index (κ3) is 2.31. The van der Waals surface area contributed by atoms with Gasteiger partial charge in [0, 0.05) is 12.8 Å². The number of rotatable bonds is 1. The van der Waals surface area contributed by atoms with Crippen LogP contribution < -0.4 is 0 Å². The van der Waals surface area contributed by atoms with Gasteiger partial charge in [-0.15, -0.1) is 0 Å². The number of carbonyl (C=O) groups is 1. The average Bonchev–Trinajstić information content (AvgIpc) is 2.34. The molecule has 2 nitrogen and oxygen atoms in total. The van der Waals surface area contributed by atoms with E-state index in [0.29, 0.717) is 35.7 Å². The van der Waals surface area contributed by atoms with Gasteiger partial charge < -0.3 is 0 Å². The van der Waals surface area contributed by atoms with Gasteiger partial charge in [-0.3, -0.25) is 4.79 Å². The van der Waals surface area contributed by atoms with E-state index in [2.05, 4.69) is 6.07 Å². The van der Waals surface area contributed by atoms with Crippen molar-refractivity contribution in [1.82, 2.24) is 0 Å². The molecule has 2 rings (SSSR count). The van der Waals surface area contributed by atoms with Crippen molar-refractivity contribution in [2.75, 3.05) is 0 Å². The Morgan fingerprint density at radius 1 is 1.18 bits per heavy atom. The minimum atomic E-state index is -0.581. The second-order valence-electron chi connectivity index (χ2n) is 4.36. The lowest BCUT2D eigenvalue weighted by Gasteiger charge is -2.30. The summed E-state index contributed by atoms with van der Waals surface area (Å²) < 4.78 is 0. The summed E-state index contributed by atoms with van der Waals surface area (Å²) in [6.07, 6.45) is 2.07. The summed E-state index contributed by atoms with van der Waals surface area (Å²) in [7, 11) is 0. The first kappa shape index (κ1) is 12.4. The van der Waals surface area contributed by atoms with Crippen LogP contribution in [0.15, 0.2) is 18.2 Å². The van der Waals surface area contributed by atoms with Crippen molar-refractivity contribution < 1.29 is 4.79 Å². The number of Topliss-reactive ketones (excluding diaryl/α,β-unsaturated/α-hetero) is 1. The Morgan fingerprint density at radius 3 is 2.35 bits per heavy atom. The Balaban J connectivity index is 2.38. The van der Waals surface area contributed by atoms with E-state index in [4.69, 9.17) is 23.2 Å². The summed E-state index contributed by atoms with van der Waals surface area (Å²) in [5, 5.41) is 10.3. The molecule has 0 bridgehead atoms. The van der Waals surface area contributed by atoms with Gasteiger partial charge in [0.1, 0.15) is 5.78 Å². The highest BCUT2D eigenvalue weighted by atomic mass is 35.5. The van der Waals surface area contributed by atoms with E-state index < -0.39 is 5.41 Å². The highest BCUT2D eigenvalue weighted by molar-refractivity contribution is 6.42. The first-order chi connectivity index (χ1) is 8.07. The first-order valence-corrected chi connectivity index (χ1v) is 6.21. The predicted octanol–water partition coefficient (Wildman–Crippen LogP) is 3.90. The molecule has 0 spiro atoms. The molecule has 0 aliphatic heterocycles. The molecule has 0 heterocycles. The zero-order valence-electron chi connectivity index (χ0n) is 9.17. The molecule has 1 aromatic carbocycles. The molecule has 1 aliphatic rings. The van der Waals surface area contributed by atoms with Crippen LogP contribution in [0, 0.1) is 11.3 Å². The van der Waals surface area contributed by atoms with Gasteiger partial charge in [0.15, 0.2) is 0 Å². The molecule has 0 radical (unpaired) electrons. The predicted molar refractivity (Wildman–Crippen MR) is 67.2 cm³/mol. The van der Waals surface area contributed by atoms with Crippen molar-refractivity contribution in [3.05, 3.63) is 33.8 Å². The fraction of sp³-hybridized carbons (Fsp3) is 0.385. The third-order valence-electron chi connectivity index (χ3n) is 3.35. The molecule has 4 heteroatoms. The maximum absolute atomic E-state index is 11.3. The number of halogens is 2. The van der Waals surface area contributed by atoms with Gasteiger partial charge in [-0.25, -0.2) is 0 Å². The molecule has 1 aromatic rings. The lowest BCUT2D eigenvalue weighted by atomic mass is 9.70. The number of hydrogen-bond donors (Lipinski definition) is 0. The van der Waals surface area contributed by atoms with Crippen LogP contribution >= 0.6 is 23.2 Å². The normalized spacial score (nSPS) is 18.8. The van der Waals surface area contributed by atoms with Crippen LogP contribution in [0.2, 0.25) is 10.0 Å². The molecule has 88 valence electrons. The van der Waals surface area contributed by atoms with Crippen molar-refractivity contribution in [3.63, 3.8) is 0 Å². The van der Waals surface area contributed by atoms with E-state index in [1.807, 2.05) is 6.07 Å². The van der Waals surface area contributed by atoms with Gasteiger partial charge in [-0.1, -0.05) is 29.3 Å². The van der Waals surface area contributed by atoms with Crippen LogP contribution in [0.25, 0.3) is 0 Å². The molecule has 0 atom stereocenters. The van der Waals surface area contributed by atoms with Crippen LogP contribution in [0.5, 0.6) is 0 Å². The fourth-order valence-corrected chi connectivity index (χ4v) is 2.51. The SMILES string of the molecule is N#CC1(c2ccc(Cl)c(Cl)c2)CCC(=O)CC1. The number of ketones is 1. The van der Waals surface area contributed by atoms with Crippen molar-refractivity contribution in [1.29, 1.82) is 5.26 Å². The summed E-state index contributed by atoms with van der Waals surface area (Å²) in [6.45, 7) is 0. The minimum absolute atomic E-state index is 0.232. The van der Waals surface area contributed by atoms with Gasteiger partial charge >= 0.3 is 0 Å². The Kier molecular flexibility index (Phi) is 3.42. The molecule has 0 saturated heterocycles. The third-order valence-corrected chi connectivity index (χ3v) is 4.09. The standard InChI is InChI=1S/C13H11Cl2NO/c14-11-2-1-9(7-12(11)15)13(8-16)5-3-10(17)4-6-13/h1-2,7H,3-6H2. The molecule has 0 unspecified atom stereocenters. The largest absolute Gasteiger partial charge is 0.300 e. The molecule has 1 fully saturated rings. The number of benzene rings is 1. The Morgan fingerprint density at radius 2 is 1.82 bits per heavy atom. The van der Waals surface area contributed by atoms with Crippen molar-refractivity contribution in [3.8, 4) is 6.07 Å². The van der Waals surface area contributed by atoms with E-state index >= 15 is 0 Å². The second-order valence-corrected chi connectivity index (χ2v) is 5.18.